The van der Waals surface area contributed by atoms with Gasteiger partial charge in [-0.1, -0.05) is 24.3 Å². The van der Waals surface area contributed by atoms with E-state index in [1.165, 1.54) is 12.4 Å². The molecule has 0 saturated heterocycles. The van der Waals surface area contributed by atoms with Crippen LogP contribution in [0.4, 0.5) is 8.78 Å². The maximum absolute atomic E-state index is 13.2. The molecule has 0 unspecified atom stereocenters. The Morgan fingerprint density at radius 1 is 1.14 bits per heavy atom. The summed E-state index contributed by atoms with van der Waals surface area (Å²) in [5.41, 5.74) is 1.61. The van der Waals surface area contributed by atoms with E-state index in [9.17, 15) is 18.4 Å². The van der Waals surface area contributed by atoms with Crippen LogP contribution in [0.5, 0.6) is 0 Å². The third-order valence-electron chi connectivity index (χ3n) is 4.89. The highest BCUT2D eigenvalue weighted by Crippen LogP contribution is 2.27. The Morgan fingerprint density at radius 3 is 2.52 bits per heavy atom. The number of alkyl halides is 2. The van der Waals surface area contributed by atoms with E-state index in [4.69, 9.17) is 0 Å². The van der Waals surface area contributed by atoms with Gasteiger partial charge in [-0.2, -0.15) is 8.78 Å². The summed E-state index contributed by atoms with van der Waals surface area (Å²) >= 11 is 0. The molecule has 0 atom stereocenters. The number of imidazole rings is 1. The number of aromatic nitrogens is 4. The summed E-state index contributed by atoms with van der Waals surface area (Å²) in [6.45, 7) is -1.26. The number of carbonyl (C=O) groups excluding carboxylic acids is 2. The van der Waals surface area contributed by atoms with E-state index in [1.54, 1.807) is 46.5 Å². The number of rotatable bonds is 6. The van der Waals surface area contributed by atoms with Crippen LogP contribution in [0.1, 0.15) is 43.6 Å². The average molecular weight is 399 g/mol. The Bertz CT molecular complexity index is 1100. The maximum Gasteiger partial charge on any atom is 0.345 e. The number of hydrogen-bond donors (Lipinski definition) is 0. The molecule has 29 heavy (non-hydrogen) atoms. The lowest BCUT2D eigenvalue weighted by Gasteiger charge is -2.13. The fraction of sp³-hybridized carbons (Fsp3) is 0.250. The Hall–Kier alpha value is -3.33. The van der Waals surface area contributed by atoms with Crippen molar-refractivity contribution in [2.24, 2.45) is 0 Å². The number of halogens is 2. The average Bonchev–Trinajstić information content (AvgIpc) is 2.99. The van der Waals surface area contributed by atoms with Crippen molar-refractivity contribution in [3.05, 3.63) is 76.9 Å². The number of benzene rings is 1. The normalized spacial score (nSPS) is 13.0. The van der Waals surface area contributed by atoms with E-state index in [1.807, 2.05) is 0 Å². The lowest BCUT2D eigenvalue weighted by Crippen LogP contribution is -2.43. The van der Waals surface area contributed by atoms with Crippen LogP contribution in [0.25, 0.3) is 0 Å². The van der Waals surface area contributed by atoms with Gasteiger partial charge in [-0.05, 0) is 0 Å². The topological polar surface area (TPSA) is 78.0 Å². The van der Waals surface area contributed by atoms with Gasteiger partial charge in [0.15, 0.2) is 0 Å². The SMILES string of the molecule is Cc1n(CCOC(F)F)c2c([n+]1Cc1cnccn1)C(=O)c1ccccc1C2=O. The fourth-order valence-corrected chi connectivity index (χ4v) is 3.59. The fourth-order valence-electron chi connectivity index (χ4n) is 3.59. The summed E-state index contributed by atoms with van der Waals surface area (Å²) in [5, 5.41) is 0. The van der Waals surface area contributed by atoms with Gasteiger partial charge in [-0.15, -0.1) is 0 Å². The van der Waals surface area contributed by atoms with Crippen LogP contribution in [0.15, 0.2) is 42.9 Å². The summed E-state index contributed by atoms with van der Waals surface area (Å²) in [4.78, 5) is 34.7. The minimum absolute atomic E-state index is 0.00710. The van der Waals surface area contributed by atoms with E-state index >= 15 is 0 Å². The minimum Gasteiger partial charge on any atom is -0.319 e. The lowest BCUT2D eigenvalue weighted by molar-refractivity contribution is -0.696. The molecule has 0 saturated carbocycles. The molecule has 1 aliphatic rings. The zero-order valence-corrected chi connectivity index (χ0v) is 15.5. The molecule has 0 radical (unpaired) electrons. The van der Waals surface area contributed by atoms with E-state index < -0.39 is 6.61 Å². The molecular weight excluding hydrogens is 382 g/mol. The molecule has 2 heterocycles. The zero-order valence-electron chi connectivity index (χ0n) is 15.5. The molecule has 7 nitrogen and oxygen atoms in total. The summed E-state index contributed by atoms with van der Waals surface area (Å²) in [5.74, 6) is -0.0583. The van der Waals surface area contributed by atoms with Crippen molar-refractivity contribution in [3.8, 4) is 0 Å². The molecule has 4 rings (SSSR count). The molecule has 3 aromatic rings. The highest BCUT2D eigenvalue weighted by molar-refractivity contribution is 6.26. The number of hydrogen-bond acceptors (Lipinski definition) is 5. The number of fused-ring (bicyclic) bond motifs is 2. The van der Waals surface area contributed by atoms with Gasteiger partial charge in [0.25, 0.3) is 5.82 Å². The van der Waals surface area contributed by atoms with Crippen LogP contribution in [0.3, 0.4) is 0 Å². The van der Waals surface area contributed by atoms with Crippen LogP contribution in [0, 0.1) is 6.92 Å². The first-order valence-electron chi connectivity index (χ1n) is 8.95. The van der Waals surface area contributed by atoms with Gasteiger partial charge in [0.1, 0.15) is 18.8 Å². The molecule has 0 amide bonds. The molecule has 0 spiro atoms. The van der Waals surface area contributed by atoms with Crippen LogP contribution >= 0.6 is 0 Å². The Kier molecular flexibility index (Phi) is 4.98. The third-order valence-corrected chi connectivity index (χ3v) is 4.89. The first-order chi connectivity index (χ1) is 14.0. The summed E-state index contributed by atoms with van der Waals surface area (Å²) in [6, 6.07) is 6.58. The molecule has 0 N–H and O–H groups in total. The van der Waals surface area contributed by atoms with Gasteiger partial charge in [0, 0.05) is 30.4 Å². The molecule has 2 aromatic heterocycles. The molecule has 148 valence electrons. The molecule has 1 aromatic carbocycles. The van der Waals surface area contributed by atoms with Gasteiger partial charge in [-0.25, -0.2) is 9.13 Å². The van der Waals surface area contributed by atoms with Gasteiger partial charge >= 0.3 is 6.61 Å². The highest BCUT2D eigenvalue weighted by atomic mass is 19.3. The smallest absolute Gasteiger partial charge is 0.319 e. The predicted molar refractivity (Wildman–Crippen MR) is 95.8 cm³/mol. The zero-order chi connectivity index (χ0) is 20.5. The third kappa shape index (κ3) is 3.33. The number of carbonyl (C=O) groups is 2. The molecule has 0 bridgehead atoms. The monoisotopic (exact) mass is 399 g/mol. The van der Waals surface area contributed by atoms with Crippen LogP contribution < -0.4 is 4.57 Å². The van der Waals surface area contributed by atoms with E-state index in [0.29, 0.717) is 22.6 Å². The number of ether oxygens (including phenoxy) is 1. The van der Waals surface area contributed by atoms with Gasteiger partial charge in [-0.3, -0.25) is 19.6 Å². The minimum atomic E-state index is -2.91. The summed E-state index contributed by atoms with van der Waals surface area (Å²) < 4.78 is 32.5. The molecule has 0 fully saturated rings. The largest absolute Gasteiger partial charge is 0.345 e. The first-order valence-corrected chi connectivity index (χ1v) is 8.95. The number of nitrogens with zero attached hydrogens (tertiary/aromatic N) is 4. The van der Waals surface area contributed by atoms with Gasteiger partial charge < -0.3 is 4.74 Å². The van der Waals surface area contributed by atoms with Crippen LogP contribution in [-0.2, 0) is 17.8 Å². The van der Waals surface area contributed by atoms with E-state index in [2.05, 4.69) is 14.7 Å². The van der Waals surface area contributed by atoms with Crippen molar-refractivity contribution in [1.29, 1.82) is 0 Å². The summed E-state index contributed by atoms with van der Waals surface area (Å²) in [6.07, 6.45) is 4.64. The molecule has 1 aliphatic carbocycles. The summed E-state index contributed by atoms with van der Waals surface area (Å²) in [7, 11) is 0. The Balaban J connectivity index is 1.85. The standard InChI is InChI=1S/C20H17F2N4O3/c1-12-25(8-9-29-20(21)22)16-17(26(12)11-13-10-23-6-7-24-13)19(28)15-5-3-2-4-14(15)18(16)27/h2-7,10,20H,8-9,11H2,1H3/q+1. The Labute approximate surface area is 164 Å². The highest BCUT2D eigenvalue weighted by Gasteiger charge is 2.42. The Morgan fingerprint density at radius 2 is 1.86 bits per heavy atom. The maximum atomic E-state index is 13.2. The van der Waals surface area contributed by atoms with Crippen molar-refractivity contribution in [2.45, 2.75) is 26.6 Å². The van der Waals surface area contributed by atoms with Crippen LogP contribution in [0.2, 0.25) is 0 Å². The first kappa shape index (κ1) is 19.0. The van der Waals surface area contributed by atoms with Crippen molar-refractivity contribution < 1.29 is 27.7 Å². The van der Waals surface area contributed by atoms with Crippen LogP contribution in [-0.4, -0.2) is 39.3 Å². The van der Waals surface area contributed by atoms with E-state index in [0.717, 1.165) is 0 Å². The van der Waals surface area contributed by atoms with Crippen molar-refractivity contribution in [1.82, 2.24) is 14.5 Å². The quantitative estimate of drug-likeness (QED) is 0.463. The number of ketones is 2. The molecule has 0 aliphatic heterocycles. The molecule has 9 heteroatoms. The van der Waals surface area contributed by atoms with Crippen molar-refractivity contribution in [2.75, 3.05) is 6.61 Å². The van der Waals surface area contributed by atoms with Crippen molar-refractivity contribution >= 4 is 11.6 Å². The second-order valence-electron chi connectivity index (χ2n) is 6.51. The lowest BCUT2D eigenvalue weighted by atomic mass is 9.90. The van der Waals surface area contributed by atoms with E-state index in [-0.39, 0.29) is 42.7 Å². The van der Waals surface area contributed by atoms with Gasteiger partial charge in [0.05, 0.1) is 12.8 Å². The second-order valence-corrected chi connectivity index (χ2v) is 6.51. The molecular formula is C20H17F2N4O3+. The van der Waals surface area contributed by atoms with Gasteiger partial charge in [0.2, 0.25) is 23.0 Å². The predicted octanol–water partition coefficient (Wildman–Crippen LogP) is 1.94. The second kappa shape index (κ2) is 7.59. The van der Waals surface area contributed by atoms with Crippen molar-refractivity contribution in [3.63, 3.8) is 0 Å².